The number of nitrogens with one attached hydrogen (secondary N) is 1. The van der Waals surface area contributed by atoms with Gasteiger partial charge in [0.05, 0.1) is 6.33 Å². The van der Waals surface area contributed by atoms with Gasteiger partial charge in [-0.3, -0.25) is 0 Å². The number of H-pyrrole nitrogens is 1. The van der Waals surface area contributed by atoms with Crippen molar-refractivity contribution < 1.29 is 0 Å². The summed E-state index contributed by atoms with van der Waals surface area (Å²) in [4.78, 5) is 10.1. The van der Waals surface area contributed by atoms with E-state index in [4.69, 9.17) is 0 Å². The number of unbranched alkanes of at least 4 members (excludes halogenated alkanes) is 19. The van der Waals surface area contributed by atoms with Crippen LogP contribution in [-0.4, -0.2) is 34.5 Å². The molecule has 0 saturated carbocycles. The van der Waals surface area contributed by atoms with Gasteiger partial charge in [0.15, 0.2) is 0 Å². The number of imidazole rings is 1. The van der Waals surface area contributed by atoms with Gasteiger partial charge in [-0.05, 0) is 110 Å². The SMILES string of the molecule is CCCCC/C=C\C/C=C\CCCCCCCCC(CCCCCCCC/C=C\C/C=C\CCCCC)N(C)CCCCc1cnc[nH]1. The number of hydrogen-bond donors (Lipinski definition) is 1. The third kappa shape index (κ3) is 30.2. The summed E-state index contributed by atoms with van der Waals surface area (Å²) in [5.74, 6) is 0. The van der Waals surface area contributed by atoms with Crippen molar-refractivity contribution in [1.29, 1.82) is 0 Å². The molecular formula is C45H81N3. The third-order valence-corrected chi connectivity index (χ3v) is 9.86. The first-order chi connectivity index (χ1) is 23.8. The molecule has 1 rings (SSSR count). The van der Waals surface area contributed by atoms with E-state index in [-0.39, 0.29) is 0 Å². The number of aromatic amines is 1. The quantitative estimate of drug-likeness (QED) is 0.0572. The minimum absolute atomic E-state index is 0.758. The Morgan fingerprint density at radius 3 is 1.42 bits per heavy atom. The number of allylic oxidation sites excluding steroid dienone is 8. The molecule has 3 nitrogen and oxygen atoms in total. The fraction of sp³-hybridized carbons (Fsp3) is 0.756. The largest absolute Gasteiger partial charge is 0.348 e. The third-order valence-electron chi connectivity index (χ3n) is 9.86. The molecule has 1 aromatic rings. The highest BCUT2D eigenvalue weighted by Crippen LogP contribution is 2.19. The summed E-state index contributed by atoms with van der Waals surface area (Å²) in [5, 5.41) is 0. The van der Waals surface area contributed by atoms with Crippen LogP contribution >= 0.6 is 0 Å². The van der Waals surface area contributed by atoms with Crippen LogP contribution in [0.5, 0.6) is 0 Å². The lowest BCUT2D eigenvalue weighted by atomic mass is 9.98. The van der Waals surface area contributed by atoms with Crippen LogP contribution in [0, 0.1) is 0 Å². The van der Waals surface area contributed by atoms with E-state index in [0.717, 1.165) is 25.3 Å². The van der Waals surface area contributed by atoms with Crippen molar-refractivity contribution in [3.05, 3.63) is 66.8 Å². The molecule has 48 heavy (non-hydrogen) atoms. The molecule has 0 spiro atoms. The van der Waals surface area contributed by atoms with E-state index in [1.165, 1.54) is 179 Å². The second-order valence-corrected chi connectivity index (χ2v) is 14.4. The van der Waals surface area contributed by atoms with Crippen LogP contribution in [-0.2, 0) is 6.42 Å². The van der Waals surface area contributed by atoms with E-state index in [9.17, 15) is 0 Å². The minimum Gasteiger partial charge on any atom is -0.348 e. The zero-order valence-electron chi connectivity index (χ0n) is 32.5. The zero-order valence-corrected chi connectivity index (χ0v) is 32.5. The van der Waals surface area contributed by atoms with E-state index in [1.807, 2.05) is 6.20 Å². The van der Waals surface area contributed by atoms with E-state index in [0.29, 0.717) is 0 Å². The highest BCUT2D eigenvalue weighted by molar-refractivity contribution is 4.94. The predicted molar refractivity (Wildman–Crippen MR) is 216 cm³/mol. The van der Waals surface area contributed by atoms with Crippen molar-refractivity contribution in [2.75, 3.05) is 13.6 Å². The Balaban J connectivity index is 2.16. The Hall–Kier alpha value is -1.87. The molecule has 3 heteroatoms. The summed E-state index contributed by atoms with van der Waals surface area (Å²) in [5.41, 5.74) is 1.27. The first-order valence-electron chi connectivity index (χ1n) is 21.0. The van der Waals surface area contributed by atoms with Crippen molar-refractivity contribution in [2.45, 2.75) is 206 Å². The predicted octanol–water partition coefficient (Wildman–Crippen LogP) is 14.4. The zero-order chi connectivity index (χ0) is 34.4. The highest BCUT2D eigenvalue weighted by Gasteiger charge is 2.14. The Morgan fingerprint density at radius 2 is 0.979 bits per heavy atom. The lowest BCUT2D eigenvalue weighted by Crippen LogP contribution is -2.32. The molecule has 276 valence electrons. The van der Waals surface area contributed by atoms with E-state index in [2.05, 4.69) is 84.4 Å². The molecule has 1 aromatic heterocycles. The smallest absolute Gasteiger partial charge is 0.0921 e. The van der Waals surface area contributed by atoms with Crippen LogP contribution in [0.15, 0.2) is 61.1 Å². The standard InChI is InChI=1S/C45H81N3/c1-4-6-8-10-12-14-16-18-20-22-24-26-28-30-32-34-39-45(48(3)41-37-36-38-44-42-46-43-47-44)40-35-33-31-29-27-25-23-21-19-17-15-13-11-9-7-5-2/h12-15,18-21,42-43,45H,4-11,16-17,22-41H2,1-3H3,(H,46,47)/b14-12-,15-13-,20-18-,21-19-. The van der Waals surface area contributed by atoms with Gasteiger partial charge in [0.1, 0.15) is 0 Å². The molecule has 0 radical (unpaired) electrons. The molecule has 0 aromatic carbocycles. The summed E-state index contributed by atoms with van der Waals surface area (Å²) < 4.78 is 0. The van der Waals surface area contributed by atoms with Crippen molar-refractivity contribution >= 4 is 0 Å². The number of aromatic nitrogens is 2. The Bertz CT molecular complexity index is 817. The average molecular weight is 664 g/mol. The van der Waals surface area contributed by atoms with Gasteiger partial charge in [-0.25, -0.2) is 4.98 Å². The molecule has 1 heterocycles. The van der Waals surface area contributed by atoms with Gasteiger partial charge in [-0.1, -0.05) is 152 Å². The van der Waals surface area contributed by atoms with Crippen LogP contribution in [0.2, 0.25) is 0 Å². The second-order valence-electron chi connectivity index (χ2n) is 14.4. The monoisotopic (exact) mass is 664 g/mol. The van der Waals surface area contributed by atoms with Crippen molar-refractivity contribution in [3.8, 4) is 0 Å². The average Bonchev–Trinajstić information content (AvgIpc) is 3.62. The maximum absolute atomic E-state index is 4.17. The van der Waals surface area contributed by atoms with Crippen molar-refractivity contribution in [1.82, 2.24) is 14.9 Å². The molecule has 0 bridgehead atoms. The summed E-state index contributed by atoms with van der Waals surface area (Å²) in [6.07, 6.45) is 61.2. The molecule has 0 amide bonds. The van der Waals surface area contributed by atoms with E-state index in [1.54, 1.807) is 6.33 Å². The molecule has 0 aliphatic carbocycles. The van der Waals surface area contributed by atoms with Crippen LogP contribution in [0.4, 0.5) is 0 Å². The van der Waals surface area contributed by atoms with Gasteiger partial charge < -0.3 is 9.88 Å². The maximum atomic E-state index is 4.17. The molecular weight excluding hydrogens is 583 g/mol. The van der Waals surface area contributed by atoms with Gasteiger partial charge >= 0.3 is 0 Å². The van der Waals surface area contributed by atoms with E-state index >= 15 is 0 Å². The van der Waals surface area contributed by atoms with Gasteiger partial charge in [0.2, 0.25) is 0 Å². The Kier molecular flexibility index (Phi) is 33.5. The molecule has 0 unspecified atom stereocenters. The van der Waals surface area contributed by atoms with Crippen LogP contribution < -0.4 is 0 Å². The van der Waals surface area contributed by atoms with Crippen LogP contribution in [0.1, 0.15) is 199 Å². The Labute approximate surface area is 300 Å². The number of aryl methyl sites for hydroxylation is 1. The molecule has 0 atom stereocenters. The normalized spacial score (nSPS) is 12.5. The molecule has 0 aliphatic rings. The topological polar surface area (TPSA) is 31.9 Å². The first-order valence-corrected chi connectivity index (χ1v) is 21.0. The molecule has 0 fully saturated rings. The highest BCUT2D eigenvalue weighted by atomic mass is 15.1. The summed E-state index contributed by atoms with van der Waals surface area (Å²) in [6.45, 7) is 5.77. The van der Waals surface area contributed by atoms with Crippen LogP contribution in [0.3, 0.4) is 0 Å². The first kappa shape index (κ1) is 44.2. The number of rotatable bonds is 36. The summed E-state index contributed by atoms with van der Waals surface area (Å²) >= 11 is 0. The summed E-state index contributed by atoms with van der Waals surface area (Å²) in [6, 6.07) is 0.758. The Morgan fingerprint density at radius 1 is 0.542 bits per heavy atom. The number of hydrogen-bond acceptors (Lipinski definition) is 2. The van der Waals surface area contributed by atoms with Gasteiger partial charge in [-0.2, -0.15) is 0 Å². The molecule has 0 aliphatic heterocycles. The number of nitrogens with zero attached hydrogens (tertiary/aromatic N) is 2. The second kappa shape index (κ2) is 36.4. The fourth-order valence-corrected chi connectivity index (χ4v) is 6.60. The van der Waals surface area contributed by atoms with Gasteiger partial charge in [-0.15, -0.1) is 0 Å². The summed E-state index contributed by atoms with van der Waals surface area (Å²) in [7, 11) is 2.40. The van der Waals surface area contributed by atoms with E-state index < -0.39 is 0 Å². The fourth-order valence-electron chi connectivity index (χ4n) is 6.60. The van der Waals surface area contributed by atoms with Crippen molar-refractivity contribution in [3.63, 3.8) is 0 Å². The lowest BCUT2D eigenvalue weighted by molar-refractivity contribution is 0.206. The van der Waals surface area contributed by atoms with Gasteiger partial charge in [0, 0.05) is 17.9 Å². The maximum Gasteiger partial charge on any atom is 0.0921 e. The molecule has 1 N–H and O–H groups in total. The molecule has 0 saturated heterocycles. The van der Waals surface area contributed by atoms with Crippen LogP contribution in [0.25, 0.3) is 0 Å². The van der Waals surface area contributed by atoms with Crippen molar-refractivity contribution in [2.24, 2.45) is 0 Å². The minimum atomic E-state index is 0.758. The van der Waals surface area contributed by atoms with Gasteiger partial charge in [0.25, 0.3) is 0 Å². The lowest BCUT2D eigenvalue weighted by Gasteiger charge is -2.28.